The number of likely N-dealkylation sites (tertiary alicyclic amines) is 1. The van der Waals surface area contributed by atoms with Gasteiger partial charge in [0.05, 0.1) is 17.2 Å². The molecule has 5 rings (SSSR count). The summed E-state index contributed by atoms with van der Waals surface area (Å²) >= 11 is 0. The lowest BCUT2D eigenvalue weighted by atomic mass is 10.1. The number of para-hydroxylation sites is 1. The van der Waals surface area contributed by atoms with Crippen molar-refractivity contribution in [1.82, 2.24) is 10.2 Å². The third kappa shape index (κ3) is 5.11. The van der Waals surface area contributed by atoms with Crippen LogP contribution in [-0.2, 0) is 22.7 Å². The van der Waals surface area contributed by atoms with E-state index >= 15 is 0 Å². The fourth-order valence-corrected chi connectivity index (χ4v) is 4.26. The van der Waals surface area contributed by atoms with Crippen molar-refractivity contribution < 1.29 is 23.9 Å². The van der Waals surface area contributed by atoms with Gasteiger partial charge in [0.1, 0.15) is 0 Å². The molecule has 1 saturated heterocycles. The Morgan fingerprint density at radius 3 is 2.54 bits per heavy atom. The van der Waals surface area contributed by atoms with Crippen molar-refractivity contribution in [2.24, 2.45) is 5.92 Å². The molecule has 1 fully saturated rings. The van der Waals surface area contributed by atoms with Gasteiger partial charge in [0.2, 0.25) is 18.6 Å². The van der Waals surface area contributed by atoms with Crippen LogP contribution in [0.5, 0.6) is 11.5 Å². The van der Waals surface area contributed by atoms with E-state index < -0.39 is 5.92 Å². The molecule has 1 unspecified atom stereocenters. The molecule has 2 aliphatic rings. The van der Waals surface area contributed by atoms with Crippen molar-refractivity contribution in [3.8, 4) is 11.5 Å². The second-order valence-electron chi connectivity index (χ2n) is 8.57. The fraction of sp³-hybridized carbons (Fsp3) is 0.222. The summed E-state index contributed by atoms with van der Waals surface area (Å²) in [6.45, 7) is 1.30. The minimum atomic E-state index is -0.476. The SMILES string of the molecule is O=C(NCc1ccc2c(c1)OCO2)c1ccccc1NC(=O)C1CC(=O)N(Cc2ccccc2)C1. The van der Waals surface area contributed by atoms with E-state index in [1.807, 2.05) is 48.5 Å². The monoisotopic (exact) mass is 471 g/mol. The zero-order valence-electron chi connectivity index (χ0n) is 19.0. The van der Waals surface area contributed by atoms with Gasteiger partial charge in [-0.15, -0.1) is 0 Å². The molecule has 0 spiro atoms. The number of carbonyl (C=O) groups excluding carboxylic acids is 3. The predicted molar refractivity (Wildman–Crippen MR) is 129 cm³/mol. The maximum absolute atomic E-state index is 13.0. The summed E-state index contributed by atoms with van der Waals surface area (Å²) in [6.07, 6.45) is 0.150. The third-order valence-electron chi connectivity index (χ3n) is 6.12. The predicted octanol–water partition coefficient (Wildman–Crippen LogP) is 3.33. The lowest BCUT2D eigenvalue weighted by Crippen LogP contribution is -2.29. The van der Waals surface area contributed by atoms with Gasteiger partial charge in [-0.2, -0.15) is 0 Å². The van der Waals surface area contributed by atoms with Crippen LogP contribution in [0.3, 0.4) is 0 Å². The van der Waals surface area contributed by atoms with E-state index in [2.05, 4.69) is 10.6 Å². The first-order chi connectivity index (χ1) is 17.1. The summed E-state index contributed by atoms with van der Waals surface area (Å²) in [4.78, 5) is 40.1. The first-order valence-corrected chi connectivity index (χ1v) is 11.4. The number of nitrogens with zero attached hydrogens (tertiary/aromatic N) is 1. The third-order valence-corrected chi connectivity index (χ3v) is 6.12. The van der Waals surface area contributed by atoms with Crippen LogP contribution in [0.1, 0.15) is 27.9 Å². The average Bonchev–Trinajstić information content (AvgIpc) is 3.49. The number of hydrogen-bond donors (Lipinski definition) is 2. The molecule has 0 bridgehead atoms. The highest BCUT2D eigenvalue weighted by molar-refractivity contribution is 6.05. The van der Waals surface area contributed by atoms with Gasteiger partial charge < -0.3 is 25.0 Å². The lowest BCUT2D eigenvalue weighted by Gasteiger charge is -2.17. The summed E-state index contributed by atoms with van der Waals surface area (Å²) in [6, 6.07) is 22.0. The highest BCUT2D eigenvalue weighted by atomic mass is 16.7. The maximum Gasteiger partial charge on any atom is 0.253 e. The average molecular weight is 472 g/mol. The van der Waals surface area contributed by atoms with E-state index in [0.717, 1.165) is 11.1 Å². The number of anilines is 1. The number of fused-ring (bicyclic) bond motifs is 1. The molecule has 8 nitrogen and oxygen atoms in total. The van der Waals surface area contributed by atoms with Gasteiger partial charge in [-0.25, -0.2) is 0 Å². The molecule has 0 saturated carbocycles. The van der Waals surface area contributed by atoms with Crippen molar-refractivity contribution in [2.75, 3.05) is 18.7 Å². The van der Waals surface area contributed by atoms with Crippen LogP contribution in [0.25, 0.3) is 0 Å². The Morgan fingerprint density at radius 1 is 0.914 bits per heavy atom. The molecule has 0 aromatic heterocycles. The van der Waals surface area contributed by atoms with Gasteiger partial charge in [0.25, 0.3) is 5.91 Å². The largest absolute Gasteiger partial charge is 0.454 e. The standard InChI is InChI=1S/C27H25N3O5/c31-25-13-20(16-30(25)15-18-6-2-1-3-7-18)26(32)29-22-9-5-4-8-21(22)27(33)28-14-19-10-11-23-24(12-19)35-17-34-23/h1-12,20H,13-17H2,(H,28,33)(H,29,32). The molecule has 178 valence electrons. The Labute approximate surface area is 202 Å². The van der Waals surface area contributed by atoms with E-state index in [1.165, 1.54) is 0 Å². The minimum absolute atomic E-state index is 0.0521. The number of benzene rings is 3. The molecule has 0 radical (unpaired) electrons. The van der Waals surface area contributed by atoms with E-state index in [4.69, 9.17) is 9.47 Å². The normalized spacial score (nSPS) is 16.3. The molecule has 35 heavy (non-hydrogen) atoms. The molecule has 1 atom stereocenters. The van der Waals surface area contributed by atoms with Crippen LogP contribution in [0.2, 0.25) is 0 Å². The van der Waals surface area contributed by atoms with Crippen molar-refractivity contribution >= 4 is 23.4 Å². The zero-order valence-corrected chi connectivity index (χ0v) is 19.0. The Morgan fingerprint density at radius 2 is 1.69 bits per heavy atom. The maximum atomic E-state index is 13.0. The summed E-state index contributed by atoms with van der Waals surface area (Å²) in [5, 5.41) is 5.74. The lowest BCUT2D eigenvalue weighted by molar-refractivity contribution is -0.128. The molecule has 2 N–H and O–H groups in total. The van der Waals surface area contributed by atoms with Gasteiger partial charge >= 0.3 is 0 Å². The smallest absolute Gasteiger partial charge is 0.253 e. The number of amides is 3. The molecular formula is C27H25N3O5. The van der Waals surface area contributed by atoms with Crippen LogP contribution < -0.4 is 20.1 Å². The molecule has 2 aliphatic heterocycles. The molecule has 3 amide bonds. The number of rotatable bonds is 7. The van der Waals surface area contributed by atoms with E-state index in [0.29, 0.717) is 42.4 Å². The van der Waals surface area contributed by atoms with Crippen LogP contribution in [-0.4, -0.2) is 36.0 Å². The second-order valence-corrected chi connectivity index (χ2v) is 8.57. The van der Waals surface area contributed by atoms with Crippen molar-refractivity contribution in [3.05, 3.63) is 89.5 Å². The zero-order chi connectivity index (χ0) is 24.2. The topological polar surface area (TPSA) is 97.0 Å². The van der Waals surface area contributed by atoms with E-state index in [9.17, 15) is 14.4 Å². The highest BCUT2D eigenvalue weighted by Gasteiger charge is 2.34. The van der Waals surface area contributed by atoms with Crippen LogP contribution in [0.4, 0.5) is 5.69 Å². The summed E-state index contributed by atoms with van der Waals surface area (Å²) in [5.41, 5.74) is 2.65. The first-order valence-electron chi connectivity index (χ1n) is 11.4. The second kappa shape index (κ2) is 9.89. The Hall–Kier alpha value is -4.33. The molecule has 2 heterocycles. The number of carbonyl (C=O) groups is 3. The quantitative estimate of drug-likeness (QED) is 0.551. The van der Waals surface area contributed by atoms with Gasteiger partial charge in [-0.05, 0) is 35.4 Å². The fourth-order valence-electron chi connectivity index (χ4n) is 4.26. The van der Waals surface area contributed by atoms with Crippen LogP contribution in [0, 0.1) is 5.92 Å². The summed E-state index contributed by atoms with van der Waals surface area (Å²) in [5.74, 6) is 0.217. The minimum Gasteiger partial charge on any atom is -0.454 e. The Bertz CT molecular complexity index is 1260. The first kappa shape index (κ1) is 22.5. The van der Waals surface area contributed by atoms with Crippen molar-refractivity contribution in [3.63, 3.8) is 0 Å². The number of hydrogen-bond acceptors (Lipinski definition) is 5. The van der Waals surface area contributed by atoms with Crippen LogP contribution >= 0.6 is 0 Å². The van der Waals surface area contributed by atoms with E-state index in [1.54, 1.807) is 29.2 Å². The Kier molecular flexibility index (Phi) is 6.34. The highest BCUT2D eigenvalue weighted by Crippen LogP contribution is 2.32. The van der Waals surface area contributed by atoms with Crippen molar-refractivity contribution in [2.45, 2.75) is 19.5 Å². The molecule has 3 aromatic carbocycles. The molecule has 0 aliphatic carbocycles. The van der Waals surface area contributed by atoms with Gasteiger partial charge in [0, 0.05) is 26.1 Å². The van der Waals surface area contributed by atoms with Crippen LogP contribution in [0.15, 0.2) is 72.8 Å². The van der Waals surface area contributed by atoms with E-state index in [-0.39, 0.29) is 30.9 Å². The molecule has 8 heteroatoms. The Balaban J connectivity index is 1.20. The number of nitrogens with one attached hydrogen (secondary N) is 2. The number of ether oxygens (including phenoxy) is 2. The van der Waals surface area contributed by atoms with Crippen molar-refractivity contribution in [1.29, 1.82) is 0 Å². The van der Waals surface area contributed by atoms with Gasteiger partial charge in [-0.1, -0.05) is 48.5 Å². The summed E-state index contributed by atoms with van der Waals surface area (Å²) in [7, 11) is 0. The summed E-state index contributed by atoms with van der Waals surface area (Å²) < 4.78 is 10.7. The van der Waals surface area contributed by atoms with Gasteiger partial charge in [-0.3, -0.25) is 14.4 Å². The molecular weight excluding hydrogens is 446 g/mol. The molecule has 3 aromatic rings. The van der Waals surface area contributed by atoms with Gasteiger partial charge in [0.15, 0.2) is 11.5 Å².